The van der Waals surface area contributed by atoms with Crippen molar-refractivity contribution in [3.63, 3.8) is 0 Å². The normalized spacial score (nSPS) is 14.4. The quantitative estimate of drug-likeness (QED) is 0.781. The average molecular weight is 202 g/mol. The molecule has 0 saturated heterocycles. The molecule has 10 heavy (non-hydrogen) atoms. The second-order valence-corrected chi connectivity index (χ2v) is 3.02. The zero-order chi connectivity index (χ0) is 8.27. The van der Waals surface area contributed by atoms with Gasteiger partial charge in [0.1, 0.15) is 0 Å². The summed E-state index contributed by atoms with van der Waals surface area (Å²) in [5.74, 6) is 0. The summed E-state index contributed by atoms with van der Waals surface area (Å²) in [6, 6.07) is 7.73. The Hall–Kier alpha value is -0.340. The molecule has 0 fully saturated rings. The number of hydrogen-bond acceptors (Lipinski definition) is 1. The minimum Gasteiger partial charge on any atom is -0.389 e. The largest absolute Gasteiger partial charge is 0.389 e. The van der Waals surface area contributed by atoms with Crippen LogP contribution in [0.4, 0.5) is 0 Å². The van der Waals surface area contributed by atoms with Gasteiger partial charge < -0.3 is 5.11 Å². The van der Waals surface area contributed by atoms with Gasteiger partial charge in [-0.3, -0.25) is 0 Å². The molecule has 1 nitrogen and oxygen atoms in total. The lowest BCUT2D eigenvalue weighted by atomic mass is 10.1. The van der Waals surface area contributed by atoms with E-state index in [-0.39, 0.29) is 6.10 Å². The van der Waals surface area contributed by atoms with E-state index in [1.165, 1.54) is 0 Å². The molecule has 0 bridgehead atoms. The summed E-state index contributed by atoms with van der Waals surface area (Å²) in [5.41, 5.74) is 1.00. The Labute approximate surface area is 70.3 Å². The molecule has 1 aromatic rings. The van der Waals surface area contributed by atoms with Crippen molar-refractivity contribution in [2.45, 2.75) is 13.0 Å². The summed E-state index contributed by atoms with van der Waals surface area (Å²) in [4.78, 5) is 0. The van der Waals surface area contributed by atoms with Crippen molar-refractivity contribution >= 4 is 15.9 Å². The molecule has 0 unspecified atom stereocenters. The standard InChI is InChI=1S/C8H9BrO/c1-6(10)7-4-2-3-5-8(7)9/h2-6,10H,1H3/t6-/m1/s1/i10D. The van der Waals surface area contributed by atoms with Crippen molar-refractivity contribution in [2.24, 2.45) is 0 Å². The monoisotopic (exact) mass is 201 g/mol. The molecule has 0 aromatic heterocycles. The summed E-state index contributed by atoms with van der Waals surface area (Å²) in [5, 5.41) is 4.44. The first kappa shape index (κ1) is 6.38. The van der Waals surface area contributed by atoms with E-state index < -0.39 is 0 Å². The molecule has 0 aliphatic carbocycles. The van der Waals surface area contributed by atoms with Crippen LogP contribution in [0.15, 0.2) is 28.7 Å². The molecule has 1 aromatic carbocycles. The van der Waals surface area contributed by atoms with Crippen molar-refractivity contribution in [3.8, 4) is 0 Å². The summed E-state index contributed by atoms with van der Waals surface area (Å²) in [6.07, 6.45) is -0.175. The van der Waals surface area contributed by atoms with Crippen molar-refractivity contribution in [1.29, 1.82) is 1.43 Å². The fourth-order valence-corrected chi connectivity index (χ4v) is 1.41. The highest BCUT2D eigenvalue weighted by Gasteiger charge is 2.02. The van der Waals surface area contributed by atoms with Crippen LogP contribution in [-0.2, 0) is 0 Å². The van der Waals surface area contributed by atoms with Crippen molar-refractivity contribution in [3.05, 3.63) is 34.3 Å². The van der Waals surface area contributed by atoms with Crippen LogP contribution in [0.3, 0.4) is 0 Å². The van der Waals surface area contributed by atoms with E-state index in [1.807, 2.05) is 31.2 Å². The summed E-state index contributed by atoms with van der Waals surface area (Å²) in [6.45, 7) is 1.84. The third kappa shape index (κ3) is 1.58. The van der Waals surface area contributed by atoms with Crippen LogP contribution in [0.1, 0.15) is 18.6 Å². The molecule has 1 atom stereocenters. The number of halogens is 1. The molecule has 1 rings (SSSR count). The molecule has 0 saturated carbocycles. The van der Waals surface area contributed by atoms with Gasteiger partial charge in [-0.25, -0.2) is 0 Å². The molecule has 0 spiro atoms. The number of aliphatic hydroxyl groups is 1. The molecule has 1 N–H and O–H groups in total. The third-order valence-electron chi connectivity index (χ3n) is 1.34. The van der Waals surface area contributed by atoms with Gasteiger partial charge >= 0.3 is 0 Å². The van der Waals surface area contributed by atoms with Gasteiger partial charge in [0.2, 0.25) is 1.43 Å². The predicted octanol–water partition coefficient (Wildman–Crippen LogP) is 2.50. The molecular weight excluding hydrogens is 192 g/mol. The van der Waals surface area contributed by atoms with E-state index in [0.717, 1.165) is 10.0 Å². The fraction of sp³-hybridized carbons (Fsp3) is 0.250. The van der Waals surface area contributed by atoms with Crippen molar-refractivity contribution < 1.29 is 5.11 Å². The first-order valence-corrected chi connectivity index (χ1v) is 3.91. The molecule has 0 amide bonds. The number of rotatable bonds is 2. The minimum atomic E-state index is -0.175. The topological polar surface area (TPSA) is 20.2 Å². The van der Waals surface area contributed by atoms with Gasteiger partial charge in [0.15, 0.2) is 0 Å². The fourth-order valence-electron chi connectivity index (χ4n) is 0.805. The van der Waals surface area contributed by atoms with Crippen LogP contribution in [0, 0.1) is 0 Å². The predicted molar refractivity (Wildman–Crippen MR) is 44.8 cm³/mol. The maximum absolute atomic E-state index is 6.72. The molecule has 54 valence electrons. The van der Waals surface area contributed by atoms with Crippen molar-refractivity contribution in [1.82, 2.24) is 0 Å². The minimum absolute atomic E-state index is 0.175. The van der Waals surface area contributed by atoms with Gasteiger partial charge in [-0.05, 0) is 18.6 Å². The first-order chi connectivity index (χ1) is 5.25. The summed E-state index contributed by atoms with van der Waals surface area (Å²) < 4.78 is 7.71. The summed E-state index contributed by atoms with van der Waals surface area (Å²) >= 11 is 3.37. The Morgan fingerprint density at radius 2 is 2.30 bits per heavy atom. The van der Waals surface area contributed by atoms with E-state index in [1.54, 1.807) is 0 Å². The van der Waals surface area contributed by atoms with Gasteiger partial charge in [0.05, 0.1) is 6.10 Å². The van der Waals surface area contributed by atoms with E-state index in [4.69, 9.17) is 1.43 Å². The first-order valence-electron chi connectivity index (χ1n) is 3.53. The van der Waals surface area contributed by atoms with E-state index in [9.17, 15) is 0 Å². The van der Waals surface area contributed by atoms with E-state index >= 15 is 0 Å². The lowest BCUT2D eigenvalue weighted by Crippen LogP contribution is -1.90. The highest BCUT2D eigenvalue weighted by Crippen LogP contribution is 2.21. The Kier molecular flexibility index (Phi) is 2.02. The van der Waals surface area contributed by atoms with Crippen LogP contribution in [0.25, 0.3) is 0 Å². The second kappa shape index (κ2) is 3.17. The Morgan fingerprint density at radius 3 is 2.90 bits per heavy atom. The second-order valence-electron chi connectivity index (χ2n) is 2.16. The summed E-state index contributed by atoms with van der Waals surface area (Å²) in [7, 11) is 0. The van der Waals surface area contributed by atoms with E-state index in [0.29, 0.717) is 0 Å². The van der Waals surface area contributed by atoms with Crippen LogP contribution in [-0.4, -0.2) is 6.54 Å². The maximum Gasteiger partial charge on any atom is 0.211 e. The van der Waals surface area contributed by atoms with Gasteiger partial charge in [-0.2, -0.15) is 0 Å². The van der Waals surface area contributed by atoms with Crippen molar-refractivity contribution in [2.75, 3.05) is 0 Å². The Balaban J connectivity index is 2.93. The lowest BCUT2D eigenvalue weighted by molar-refractivity contribution is 0.198. The number of aliphatic hydroxyl groups excluding tert-OH is 1. The van der Waals surface area contributed by atoms with Gasteiger partial charge in [-0.15, -0.1) is 0 Å². The lowest BCUT2D eigenvalue weighted by Gasteiger charge is -2.05. The van der Waals surface area contributed by atoms with Crippen LogP contribution < -0.4 is 0 Å². The van der Waals surface area contributed by atoms with Crippen LogP contribution >= 0.6 is 15.9 Å². The van der Waals surface area contributed by atoms with Gasteiger partial charge in [-0.1, -0.05) is 34.1 Å². The Bertz CT molecular complexity index is 239. The highest BCUT2D eigenvalue weighted by molar-refractivity contribution is 9.10. The smallest absolute Gasteiger partial charge is 0.211 e. The number of benzene rings is 1. The zero-order valence-electron chi connectivity index (χ0n) is 6.67. The van der Waals surface area contributed by atoms with Crippen LogP contribution in [0.2, 0.25) is 0 Å². The average Bonchev–Trinajstić information content (AvgIpc) is 2.04. The van der Waals surface area contributed by atoms with Gasteiger partial charge in [0, 0.05) is 4.47 Å². The molecule has 2 heteroatoms. The van der Waals surface area contributed by atoms with E-state index in [2.05, 4.69) is 21.0 Å². The third-order valence-corrected chi connectivity index (χ3v) is 2.07. The molecule has 0 heterocycles. The number of hydrogen-bond donors (Lipinski definition) is 1. The van der Waals surface area contributed by atoms with Gasteiger partial charge in [0.25, 0.3) is 0 Å². The molecule has 0 radical (unpaired) electrons. The highest BCUT2D eigenvalue weighted by atomic mass is 79.9. The molecule has 0 aliphatic heterocycles. The van der Waals surface area contributed by atoms with Crippen LogP contribution in [0.5, 0.6) is 0 Å². The Morgan fingerprint density at radius 1 is 1.60 bits per heavy atom. The zero-order valence-corrected chi connectivity index (χ0v) is 7.26. The molecule has 0 aliphatic rings. The SMILES string of the molecule is [2H]O[C@H](C)c1ccccc1Br. The molecular formula is C8H9BrO. The maximum atomic E-state index is 6.72.